The van der Waals surface area contributed by atoms with Crippen LogP contribution < -0.4 is 16.0 Å². The van der Waals surface area contributed by atoms with Crippen LogP contribution in [0.1, 0.15) is 66.8 Å². The van der Waals surface area contributed by atoms with E-state index in [1.807, 2.05) is 0 Å². The van der Waals surface area contributed by atoms with E-state index in [9.17, 15) is 24.6 Å². The standard InChI is InChI=1S/C35H50N4O7/c1-9-10-22(28(45-8)13-21-11-23(32(42)36-6)14-24(12-21)33(43)37-7)17-39-31(30(20(3)41)29(18-40)46-39)34(44)38-27-16-25-15-26(19(27)2)35(25,4)5/h9-14,19-20,25-27,29-31,40-41H,1,15-18H2,2-8H3,(H,36,42)(H,37,43)(H,38,44)/t19-,20-,25+,26-,27-,29-,30+,31-/m0/s1. The molecule has 0 aromatic heterocycles. The summed E-state index contributed by atoms with van der Waals surface area (Å²) in [7, 11) is 4.51. The third kappa shape index (κ3) is 6.92. The maximum atomic E-state index is 14.1. The predicted octanol–water partition coefficient (Wildman–Crippen LogP) is 2.67. The van der Waals surface area contributed by atoms with Crippen molar-refractivity contribution in [1.29, 1.82) is 0 Å². The predicted molar refractivity (Wildman–Crippen MR) is 175 cm³/mol. The summed E-state index contributed by atoms with van der Waals surface area (Å²) in [6, 6.07) is 3.90. The number of amides is 3. The third-order valence-electron chi connectivity index (χ3n) is 10.5. The fourth-order valence-corrected chi connectivity index (χ4v) is 7.73. The van der Waals surface area contributed by atoms with Crippen LogP contribution in [0.2, 0.25) is 0 Å². The molecule has 0 radical (unpaired) electrons. The van der Waals surface area contributed by atoms with Gasteiger partial charge in [0.2, 0.25) is 5.91 Å². The number of methoxy groups -OCH3 is 1. The van der Waals surface area contributed by atoms with Gasteiger partial charge in [0.1, 0.15) is 17.9 Å². The molecule has 1 aromatic carbocycles. The number of aliphatic hydroxyl groups is 2. The van der Waals surface area contributed by atoms with Gasteiger partial charge in [0.05, 0.1) is 26.4 Å². The second-order valence-electron chi connectivity index (χ2n) is 13.4. The molecule has 46 heavy (non-hydrogen) atoms. The molecule has 1 saturated heterocycles. The van der Waals surface area contributed by atoms with Crippen LogP contribution in [0.5, 0.6) is 0 Å². The van der Waals surface area contributed by atoms with Gasteiger partial charge in [-0.2, -0.15) is 5.06 Å². The van der Waals surface area contributed by atoms with E-state index in [2.05, 4.69) is 43.3 Å². The Morgan fingerprint density at radius 3 is 2.26 bits per heavy atom. The lowest BCUT2D eigenvalue weighted by atomic mass is 9.45. The number of nitrogens with zero attached hydrogens (tertiary/aromatic N) is 1. The number of ether oxygens (including phenoxy) is 1. The average molecular weight is 639 g/mol. The van der Waals surface area contributed by atoms with Gasteiger partial charge in [0.15, 0.2) is 0 Å². The van der Waals surface area contributed by atoms with Crippen LogP contribution in [-0.4, -0.2) is 91.6 Å². The lowest BCUT2D eigenvalue weighted by molar-refractivity contribution is -0.173. The van der Waals surface area contributed by atoms with Gasteiger partial charge in [-0.25, -0.2) is 0 Å². The van der Waals surface area contributed by atoms with Crippen molar-refractivity contribution in [2.24, 2.45) is 29.1 Å². The SMILES string of the molecule is C=CC=C(CN1O[C@@H](CO)[C@@H]([C@H](C)O)[C@H]1C(=O)N[C@H]1C[C@H]2C[C@@H]([C@@H]1C)C2(C)C)C(=Cc1cc(C(=O)NC)cc(C(=O)NC)c1)OC. The monoisotopic (exact) mass is 638 g/mol. The Balaban J connectivity index is 1.65. The number of allylic oxidation sites excluding steroid dienone is 2. The topological polar surface area (TPSA) is 149 Å². The highest BCUT2D eigenvalue weighted by Gasteiger charge is 2.57. The number of carbonyl (C=O) groups excluding carboxylic acids is 3. The molecule has 5 rings (SSSR count). The zero-order valence-electron chi connectivity index (χ0n) is 28.0. The molecule has 3 saturated carbocycles. The largest absolute Gasteiger partial charge is 0.496 e. The zero-order chi connectivity index (χ0) is 33.9. The second-order valence-corrected chi connectivity index (χ2v) is 13.4. The van der Waals surface area contributed by atoms with Gasteiger partial charge >= 0.3 is 0 Å². The lowest BCUT2D eigenvalue weighted by Crippen LogP contribution is -2.62. The highest BCUT2D eigenvalue weighted by molar-refractivity contribution is 6.00. The Morgan fingerprint density at radius 1 is 1.15 bits per heavy atom. The molecule has 0 unspecified atom stereocenters. The van der Waals surface area contributed by atoms with E-state index < -0.39 is 24.2 Å². The maximum Gasteiger partial charge on any atom is 0.251 e. The summed E-state index contributed by atoms with van der Waals surface area (Å²) < 4.78 is 5.79. The van der Waals surface area contributed by atoms with Crippen molar-refractivity contribution in [2.75, 3.05) is 34.4 Å². The third-order valence-corrected chi connectivity index (χ3v) is 10.5. The van der Waals surface area contributed by atoms with E-state index in [4.69, 9.17) is 9.57 Å². The van der Waals surface area contributed by atoms with Crippen molar-refractivity contribution in [1.82, 2.24) is 21.0 Å². The van der Waals surface area contributed by atoms with Gasteiger partial charge in [0, 0.05) is 42.8 Å². The lowest BCUT2D eigenvalue weighted by Gasteiger charge is -2.62. The zero-order valence-corrected chi connectivity index (χ0v) is 28.0. The smallest absolute Gasteiger partial charge is 0.251 e. The second kappa shape index (κ2) is 14.5. The molecule has 3 aliphatic carbocycles. The highest BCUT2D eigenvalue weighted by Crippen LogP contribution is 2.61. The van der Waals surface area contributed by atoms with E-state index in [0.29, 0.717) is 45.8 Å². The molecule has 4 aliphatic rings. The van der Waals surface area contributed by atoms with Crippen LogP contribution in [0.25, 0.3) is 6.08 Å². The number of hydroxylamine groups is 2. The first-order chi connectivity index (χ1) is 21.8. The van der Waals surface area contributed by atoms with Crippen LogP contribution in [-0.2, 0) is 14.4 Å². The molecule has 1 aliphatic heterocycles. The summed E-state index contributed by atoms with van der Waals surface area (Å²) in [5, 5.41) is 31.0. The van der Waals surface area contributed by atoms with Gasteiger partial charge in [-0.05, 0) is 72.8 Å². The van der Waals surface area contributed by atoms with Gasteiger partial charge < -0.3 is 30.9 Å². The molecule has 2 bridgehead atoms. The first-order valence-corrected chi connectivity index (χ1v) is 16.0. The van der Waals surface area contributed by atoms with E-state index >= 15 is 0 Å². The Hall–Kier alpha value is -3.51. The summed E-state index contributed by atoms with van der Waals surface area (Å²) in [6.45, 7) is 12.0. The summed E-state index contributed by atoms with van der Waals surface area (Å²) in [5.41, 5.74) is 1.97. The van der Waals surface area contributed by atoms with Crippen molar-refractivity contribution in [3.63, 3.8) is 0 Å². The van der Waals surface area contributed by atoms with E-state index in [1.165, 1.54) is 38.8 Å². The summed E-state index contributed by atoms with van der Waals surface area (Å²) in [4.78, 5) is 45.2. The van der Waals surface area contributed by atoms with E-state index in [1.54, 1.807) is 37.3 Å². The first-order valence-electron chi connectivity index (χ1n) is 16.0. The summed E-state index contributed by atoms with van der Waals surface area (Å²) >= 11 is 0. The van der Waals surface area contributed by atoms with Gasteiger partial charge in [-0.3, -0.25) is 19.2 Å². The van der Waals surface area contributed by atoms with Gasteiger partial charge in [-0.15, -0.1) is 0 Å². The number of nitrogens with one attached hydrogen (secondary N) is 3. The Kier molecular flexibility index (Phi) is 11.1. The molecule has 1 heterocycles. The number of aliphatic hydroxyl groups excluding tert-OH is 2. The molecule has 0 spiro atoms. The molecule has 4 fully saturated rings. The van der Waals surface area contributed by atoms with Crippen LogP contribution in [0.15, 0.2) is 48.3 Å². The van der Waals surface area contributed by atoms with Gasteiger partial charge in [-0.1, -0.05) is 39.5 Å². The number of hydrogen-bond donors (Lipinski definition) is 5. The van der Waals surface area contributed by atoms with E-state index in [-0.39, 0.29) is 42.3 Å². The van der Waals surface area contributed by atoms with Crippen molar-refractivity contribution in [2.45, 2.75) is 64.8 Å². The van der Waals surface area contributed by atoms with E-state index in [0.717, 1.165) is 6.42 Å². The van der Waals surface area contributed by atoms with Crippen LogP contribution in [0, 0.1) is 29.1 Å². The Bertz CT molecular complexity index is 1350. The molecule has 3 amide bonds. The van der Waals surface area contributed by atoms with Crippen molar-refractivity contribution in [3.8, 4) is 0 Å². The van der Waals surface area contributed by atoms with Crippen LogP contribution in [0.4, 0.5) is 0 Å². The molecule has 11 heteroatoms. The minimum Gasteiger partial charge on any atom is -0.496 e. The van der Waals surface area contributed by atoms with Crippen molar-refractivity contribution < 1.29 is 34.2 Å². The Morgan fingerprint density at radius 2 is 1.78 bits per heavy atom. The molecule has 252 valence electrons. The summed E-state index contributed by atoms with van der Waals surface area (Å²) in [6.07, 6.45) is 5.33. The summed E-state index contributed by atoms with van der Waals surface area (Å²) in [5.74, 6) is 0.122. The van der Waals surface area contributed by atoms with Crippen LogP contribution >= 0.6 is 0 Å². The highest BCUT2D eigenvalue weighted by atomic mass is 16.7. The maximum absolute atomic E-state index is 14.1. The minimum atomic E-state index is -0.936. The van der Waals surface area contributed by atoms with Crippen LogP contribution in [0.3, 0.4) is 0 Å². The number of benzene rings is 1. The molecule has 8 atom stereocenters. The number of hydrogen-bond acceptors (Lipinski definition) is 8. The van der Waals surface area contributed by atoms with Gasteiger partial charge in [0.25, 0.3) is 11.8 Å². The fourth-order valence-electron chi connectivity index (χ4n) is 7.73. The molecule has 5 N–H and O–H groups in total. The fraction of sp³-hybridized carbons (Fsp3) is 0.571. The first kappa shape index (κ1) is 35.3. The number of rotatable bonds is 12. The average Bonchev–Trinajstić information content (AvgIpc) is 3.41. The Labute approximate surface area is 272 Å². The quantitative estimate of drug-likeness (QED) is 0.173. The molecule has 11 nitrogen and oxygen atoms in total. The molecule has 1 aromatic rings. The number of fused-ring (bicyclic) bond motifs is 2. The number of carbonyl (C=O) groups is 3. The van der Waals surface area contributed by atoms with Crippen molar-refractivity contribution in [3.05, 3.63) is 65.0 Å². The molecular weight excluding hydrogens is 588 g/mol. The van der Waals surface area contributed by atoms with Crippen molar-refractivity contribution >= 4 is 23.8 Å². The molecular formula is C35H50N4O7. The minimum absolute atomic E-state index is 0.00804. The normalized spacial score (nSPS) is 29.7.